The van der Waals surface area contributed by atoms with E-state index in [0.29, 0.717) is 5.56 Å². The predicted octanol–water partition coefficient (Wildman–Crippen LogP) is 1.89. The largest absolute Gasteiger partial charge is 0.509 e. The van der Waals surface area contributed by atoms with Crippen LogP contribution in [0.5, 0.6) is 0 Å². The van der Waals surface area contributed by atoms with E-state index < -0.39 is 0 Å². The molecule has 0 aliphatic carbocycles. The fraction of sp³-hybridized carbons (Fsp3) is 0.125. The number of rotatable bonds is 1. The molecule has 0 atom stereocenters. The first-order valence-corrected chi connectivity index (χ1v) is 2.89. The number of carbonyl (C=O) groups excluding carboxylic acids is 1. The normalized spacial score (nSPS) is 7.42. The quantitative estimate of drug-likeness (QED) is 0.341. The Kier molecular flexibility index (Phi) is 9.32. The van der Waals surface area contributed by atoms with Crippen LogP contribution in [0.2, 0.25) is 0 Å². The number of ether oxygens (including phenoxy) is 1. The van der Waals surface area contributed by atoms with Crippen molar-refractivity contribution in [2.75, 3.05) is 7.11 Å². The maximum absolute atomic E-state index is 10.8. The molecule has 0 fully saturated rings. The van der Waals surface area contributed by atoms with Crippen LogP contribution in [0, 0.1) is 6.07 Å². The molecule has 0 spiro atoms. The van der Waals surface area contributed by atoms with Crippen LogP contribution < -0.4 is 0 Å². The van der Waals surface area contributed by atoms with E-state index in [9.17, 15) is 4.79 Å². The van der Waals surface area contributed by atoms with Gasteiger partial charge in [0, 0.05) is 19.5 Å². The summed E-state index contributed by atoms with van der Waals surface area (Å²) in [6.07, 6.45) is 0. The van der Waals surface area contributed by atoms with Crippen LogP contribution in [0.15, 0.2) is 24.3 Å². The maximum atomic E-state index is 10.8. The van der Waals surface area contributed by atoms with Gasteiger partial charge in [-0.1, -0.05) is 5.56 Å². The standard InChI is InChI=1S/C8H7O2.HI.Zn/c1-10-8(9)7-5-3-2-4-6-7;;/h2-5H,1H3;1H;/q-1;;. The molecule has 0 aliphatic heterocycles. The monoisotopic (exact) mass is 327 g/mol. The van der Waals surface area contributed by atoms with Crippen molar-refractivity contribution in [3.8, 4) is 0 Å². The van der Waals surface area contributed by atoms with E-state index in [1.54, 1.807) is 24.3 Å². The number of carbonyl (C=O) groups is 1. The molecule has 1 aromatic rings. The minimum absolute atomic E-state index is 0. The third kappa shape index (κ3) is 4.16. The molecule has 1 aromatic carbocycles. The van der Waals surface area contributed by atoms with Crippen LogP contribution in [0.25, 0.3) is 0 Å². The minimum atomic E-state index is -0.347. The van der Waals surface area contributed by atoms with Gasteiger partial charge in [-0.2, -0.15) is 0 Å². The van der Waals surface area contributed by atoms with Gasteiger partial charge in [-0.3, -0.25) is 0 Å². The van der Waals surface area contributed by atoms with E-state index >= 15 is 0 Å². The summed E-state index contributed by atoms with van der Waals surface area (Å²) in [7, 11) is 1.35. The average molecular weight is 328 g/mol. The van der Waals surface area contributed by atoms with Crippen LogP contribution >= 0.6 is 24.0 Å². The van der Waals surface area contributed by atoms with E-state index in [4.69, 9.17) is 0 Å². The molecule has 62 valence electrons. The second-order valence-electron chi connectivity index (χ2n) is 1.77. The summed E-state index contributed by atoms with van der Waals surface area (Å²) in [5, 5.41) is 0. The zero-order chi connectivity index (χ0) is 7.40. The van der Waals surface area contributed by atoms with Gasteiger partial charge in [0.05, 0.1) is 7.11 Å². The van der Waals surface area contributed by atoms with Crippen molar-refractivity contribution >= 4 is 29.9 Å². The van der Waals surface area contributed by atoms with E-state index in [1.807, 2.05) is 0 Å². The van der Waals surface area contributed by atoms with Crippen molar-refractivity contribution in [1.82, 2.24) is 0 Å². The summed E-state index contributed by atoms with van der Waals surface area (Å²) in [5.74, 6) is -0.347. The first kappa shape index (κ1) is 14.6. The summed E-state index contributed by atoms with van der Waals surface area (Å²) >= 11 is 0. The van der Waals surface area contributed by atoms with Gasteiger partial charge in [0.2, 0.25) is 5.97 Å². The molecular formula is C8H8IO2Zn-. The van der Waals surface area contributed by atoms with Crippen LogP contribution in [0.4, 0.5) is 0 Å². The Balaban J connectivity index is 0. The molecule has 0 saturated carbocycles. The van der Waals surface area contributed by atoms with E-state index in [0.717, 1.165) is 0 Å². The average Bonchev–Trinajstić information content (AvgIpc) is 2.05. The van der Waals surface area contributed by atoms with Crippen molar-refractivity contribution in [1.29, 1.82) is 0 Å². The van der Waals surface area contributed by atoms with Gasteiger partial charge >= 0.3 is 0 Å². The summed E-state index contributed by atoms with van der Waals surface area (Å²) in [6.45, 7) is 0. The summed E-state index contributed by atoms with van der Waals surface area (Å²) < 4.78 is 4.47. The third-order valence-electron chi connectivity index (χ3n) is 1.11. The molecule has 0 N–H and O–H groups in total. The Morgan fingerprint density at radius 2 is 2.17 bits per heavy atom. The van der Waals surface area contributed by atoms with Gasteiger partial charge in [0.15, 0.2) is 0 Å². The zero-order valence-corrected chi connectivity index (χ0v) is 12.0. The second-order valence-corrected chi connectivity index (χ2v) is 1.77. The third-order valence-corrected chi connectivity index (χ3v) is 1.11. The van der Waals surface area contributed by atoms with Gasteiger partial charge < -0.3 is 9.53 Å². The Morgan fingerprint density at radius 3 is 2.58 bits per heavy atom. The number of methoxy groups -OCH3 is 1. The molecule has 4 heteroatoms. The molecule has 2 nitrogen and oxygen atoms in total. The Morgan fingerprint density at radius 1 is 1.50 bits per heavy atom. The summed E-state index contributed by atoms with van der Waals surface area (Å²) in [6, 6.07) is 9.64. The Bertz CT molecular complexity index is 226. The van der Waals surface area contributed by atoms with Crippen LogP contribution in [-0.2, 0) is 24.2 Å². The molecule has 0 aromatic heterocycles. The summed E-state index contributed by atoms with van der Waals surface area (Å²) in [5.41, 5.74) is 0.463. The van der Waals surface area contributed by atoms with Crippen molar-refractivity contribution in [3.63, 3.8) is 0 Å². The SMILES string of the molecule is COC(=O)c1[c-]cccc1.I.[Zn]. The molecule has 0 radical (unpaired) electrons. The fourth-order valence-electron chi connectivity index (χ4n) is 0.630. The molecular weight excluding hydrogens is 320 g/mol. The van der Waals surface area contributed by atoms with Crippen molar-refractivity contribution in [2.24, 2.45) is 0 Å². The van der Waals surface area contributed by atoms with Crippen molar-refractivity contribution < 1.29 is 29.0 Å². The number of hydrogen-bond acceptors (Lipinski definition) is 2. The molecule has 0 aliphatic rings. The Hall–Kier alpha value is 0.0434. The second kappa shape index (κ2) is 7.68. The van der Waals surface area contributed by atoms with Gasteiger partial charge in [0.1, 0.15) is 0 Å². The Labute approximate surface area is 101 Å². The molecule has 0 heterocycles. The van der Waals surface area contributed by atoms with Gasteiger partial charge in [-0.25, -0.2) is 0 Å². The van der Waals surface area contributed by atoms with E-state index in [-0.39, 0.29) is 49.4 Å². The van der Waals surface area contributed by atoms with Crippen molar-refractivity contribution in [3.05, 3.63) is 35.9 Å². The number of benzene rings is 1. The maximum Gasteiger partial charge on any atom is 0.249 e. The molecule has 12 heavy (non-hydrogen) atoms. The predicted molar refractivity (Wildman–Crippen MR) is 52.0 cm³/mol. The molecule has 0 unspecified atom stereocenters. The van der Waals surface area contributed by atoms with Gasteiger partial charge in [-0.15, -0.1) is 54.3 Å². The van der Waals surface area contributed by atoms with E-state index in [2.05, 4.69) is 10.8 Å². The van der Waals surface area contributed by atoms with Crippen LogP contribution in [0.3, 0.4) is 0 Å². The first-order chi connectivity index (χ1) is 4.84. The number of hydrogen-bond donors (Lipinski definition) is 0. The van der Waals surface area contributed by atoms with Crippen LogP contribution in [0.1, 0.15) is 10.4 Å². The molecule has 0 saturated heterocycles. The molecule has 0 amide bonds. The van der Waals surface area contributed by atoms with Crippen molar-refractivity contribution in [2.45, 2.75) is 0 Å². The molecule has 0 bridgehead atoms. The van der Waals surface area contributed by atoms with Crippen LogP contribution in [-0.4, -0.2) is 13.1 Å². The number of halogens is 1. The number of esters is 1. The fourth-order valence-corrected chi connectivity index (χ4v) is 0.630. The summed E-state index contributed by atoms with van der Waals surface area (Å²) in [4.78, 5) is 10.8. The van der Waals surface area contributed by atoms with Gasteiger partial charge in [0.25, 0.3) is 0 Å². The smallest absolute Gasteiger partial charge is 0.249 e. The van der Waals surface area contributed by atoms with E-state index in [1.165, 1.54) is 7.11 Å². The first-order valence-electron chi connectivity index (χ1n) is 2.89. The van der Waals surface area contributed by atoms with Gasteiger partial charge in [-0.05, 0) is 0 Å². The topological polar surface area (TPSA) is 26.3 Å². The zero-order valence-electron chi connectivity index (χ0n) is 6.74. The minimum Gasteiger partial charge on any atom is -0.509 e. The molecule has 1 rings (SSSR count).